The number of aliphatic imine (C=N–C) groups is 1. The number of benzene rings is 1. The fourth-order valence-corrected chi connectivity index (χ4v) is 2.15. The first-order valence-electron chi connectivity index (χ1n) is 8.45. The molecule has 0 saturated heterocycles. The molecule has 1 aromatic heterocycles. The van der Waals surface area contributed by atoms with Crippen molar-refractivity contribution in [3.63, 3.8) is 0 Å². The molecule has 5 nitrogen and oxygen atoms in total. The summed E-state index contributed by atoms with van der Waals surface area (Å²) >= 11 is 0. The molecule has 0 unspecified atom stereocenters. The van der Waals surface area contributed by atoms with Gasteiger partial charge in [0, 0.05) is 31.6 Å². The number of hydrogen-bond donors (Lipinski definition) is 2. The van der Waals surface area contributed by atoms with E-state index in [9.17, 15) is 4.39 Å². The Hall–Kier alpha value is -1.64. The van der Waals surface area contributed by atoms with E-state index in [2.05, 4.69) is 27.5 Å². The van der Waals surface area contributed by atoms with E-state index in [0.29, 0.717) is 12.4 Å². The van der Waals surface area contributed by atoms with Crippen molar-refractivity contribution < 1.29 is 8.81 Å². The quantitative estimate of drug-likeness (QED) is 0.271. The number of hydrogen-bond acceptors (Lipinski definition) is 3. The molecule has 0 fully saturated rings. The molecule has 0 bridgehead atoms. The summed E-state index contributed by atoms with van der Waals surface area (Å²) < 4.78 is 18.4. The van der Waals surface area contributed by atoms with Crippen molar-refractivity contribution >= 4 is 29.9 Å². The Morgan fingerprint density at radius 1 is 1.20 bits per heavy atom. The summed E-state index contributed by atoms with van der Waals surface area (Å²) in [5.41, 5.74) is 1.62. The lowest BCUT2D eigenvalue weighted by Gasteiger charge is -2.10. The van der Waals surface area contributed by atoms with Crippen molar-refractivity contribution in [3.05, 3.63) is 42.0 Å². The molecule has 1 heterocycles. The third-order valence-corrected chi connectivity index (χ3v) is 3.44. The highest BCUT2D eigenvalue weighted by Gasteiger charge is 2.07. The Labute approximate surface area is 165 Å². The van der Waals surface area contributed by atoms with Gasteiger partial charge in [0.05, 0.1) is 5.69 Å². The first kappa shape index (κ1) is 21.4. The van der Waals surface area contributed by atoms with Gasteiger partial charge in [0.15, 0.2) is 5.96 Å². The third kappa shape index (κ3) is 7.41. The highest BCUT2D eigenvalue weighted by Crippen LogP contribution is 2.18. The summed E-state index contributed by atoms with van der Waals surface area (Å²) in [5, 5.41) is 6.52. The van der Waals surface area contributed by atoms with Crippen molar-refractivity contribution in [1.29, 1.82) is 0 Å². The molecule has 0 spiro atoms. The van der Waals surface area contributed by atoms with Crippen LogP contribution in [0.5, 0.6) is 0 Å². The summed E-state index contributed by atoms with van der Waals surface area (Å²) in [6.45, 7) is 6.57. The molecule has 0 atom stereocenters. The maximum absolute atomic E-state index is 12.9. The summed E-state index contributed by atoms with van der Waals surface area (Å²) in [6.07, 6.45) is 4.58. The van der Waals surface area contributed by atoms with E-state index in [1.54, 1.807) is 18.4 Å². The predicted octanol–water partition coefficient (Wildman–Crippen LogP) is 4.00. The molecule has 2 rings (SSSR count). The van der Waals surface area contributed by atoms with Crippen LogP contribution < -0.4 is 10.6 Å². The van der Waals surface area contributed by atoms with Crippen molar-refractivity contribution in [1.82, 2.24) is 15.6 Å². The zero-order valence-electron chi connectivity index (χ0n) is 14.7. The topological polar surface area (TPSA) is 62.5 Å². The fourth-order valence-electron chi connectivity index (χ4n) is 2.15. The van der Waals surface area contributed by atoms with E-state index in [1.165, 1.54) is 12.1 Å². The maximum atomic E-state index is 12.9. The minimum Gasteiger partial charge on any atom is -0.444 e. The van der Waals surface area contributed by atoms with Gasteiger partial charge < -0.3 is 15.1 Å². The standard InChI is InChI=1S/C18H25FN4O.HI/c1-3-5-11-21-18(20-4-2)22-12-10-16-13-24-17(23-16)14-6-8-15(19)9-7-14;/h6-9,13H,3-5,10-12H2,1-2H3,(H2,20,21,22);1H. The highest BCUT2D eigenvalue weighted by molar-refractivity contribution is 14.0. The number of nitrogens with zero attached hydrogens (tertiary/aromatic N) is 2. The number of halogens is 2. The van der Waals surface area contributed by atoms with Gasteiger partial charge in [-0.2, -0.15) is 0 Å². The second-order valence-corrected chi connectivity index (χ2v) is 5.44. The molecular formula is C18H26FIN4O. The van der Waals surface area contributed by atoms with Gasteiger partial charge in [0.25, 0.3) is 0 Å². The van der Waals surface area contributed by atoms with Crippen molar-refractivity contribution in [2.45, 2.75) is 33.1 Å². The fraction of sp³-hybridized carbons (Fsp3) is 0.444. The largest absolute Gasteiger partial charge is 0.444 e. The third-order valence-electron chi connectivity index (χ3n) is 3.44. The van der Waals surface area contributed by atoms with Crippen LogP contribution >= 0.6 is 24.0 Å². The molecule has 25 heavy (non-hydrogen) atoms. The minimum absolute atomic E-state index is 0. The lowest BCUT2D eigenvalue weighted by atomic mass is 10.2. The summed E-state index contributed by atoms with van der Waals surface area (Å²) in [7, 11) is 0. The summed E-state index contributed by atoms with van der Waals surface area (Å²) in [6, 6.07) is 6.12. The van der Waals surface area contributed by atoms with Gasteiger partial charge in [-0.3, -0.25) is 4.99 Å². The van der Waals surface area contributed by atoms with E-state index in [0.717, 1.165) is 49.6 Å². The predicted molar refractivity (Wildman–Crippen MR) is 110 cm³/mol. The van der Waals surface area contributed by atoms with Gasteiger partial charge >= 0.3 is 0 Å². The Balaban J connectivity index is 0.00000312. The van der Waals surface area contributed by atoms with E-state index < -0.39 is 0 Å². The van der Waals surface area contributed by atoms with Crippen LogP contribution in [0.3, 0.4) is 0 Å². The number of guanidine groups is 1. The molecule has 0 radical (unpaired) electrons. The molecular weight excluding hydrogens is 434 g/mol. The molecule has 0 aliphatic rings. The van der Waals surface area contributed by atoms with Crippen LogP contribution in [-0.2, 0) is 6.42 Å². The van der Waals surface area contributed by atoms with E-state index in [-0.39, 0.29) is 29.8 Å². The number of unbranched alkanes of at least 4 members (excludes halogenated alkanes) is 1. The summed E-state index contributed by atoms with van der Waals surface area (Å²) in [4.78, 5) is 8.95. The van der Waals surface area contributed by atoms with Crippen LogP contribution in [0, 0.1) is 5.82 Å². The average Bonchev–Trinajstić information content (AvgIpc) is 3.04. The summed E-state index contributed by atoms with van der Waals surface area (Å²) in [5.74, 6) is 1.06. The first-order chi connectivity index (χ1) is 11.7. The van der Waals surface area contributed by atoms with Crippen LogP contribution in [-0.4, -0.2) is 30.6 Å². The first-order valence-corrected chi connectivity index (χ1v) is 8.45. The van der Waals surface area contributed by atoms with Crippen LogP contribution in [0.1, 0.15) is 32.4 Å². The molecule has 0 aliphatic heterocycles. The molecule has 7 heteroatoms. The number of oxazole rings is 1. The van der Waals surface area contributed by atoms with Gasteiger partial charge in [0.2, 0.25) is 5.89 Å². The minimum atomic E-state index is -0.270. The van der Waals surface area contributed by atoms with E-state index in [4.69, 9.17) is 4.42 Å². The van der Waals surface area contributed by atoms with Gasteiger partial charge in [-0.25, -0.2) is 9.37 Å². The average molecular weight is 460 g/mol. The van der Waals surface area contributed by atoms with Crippen LogP contribution in [0.15, 0.2) is 39.9 Å². The Morgan fingerprint density at radius 2 is 1.96 bits per heavy atom. The molecule has 0 amide bonds. The number of nitrogens with one attached hydrogen (secondary N) is 2. The molecule has 138 valence electrons. The number of rotatable bonds is 8. The highest BCUT2D eigenvalue weighted by atomic mass is 127. The van der Waals surface area contributed by atoms with Crippen LogP contribution in [0.4, 0.5) is 4.39 Å². The van der Waals surface area contributed by atoms with Crippen molar-refractivity contribution in [2.75, 3.05) is 19.6 Å². The lowest BCUT2D eigenvalue weighted by Crippen LogP contribution is -2.38. The monoisotopic (exact) mass is 460 g/mol. The number of aromatic nitrogens is 1. The molecule has 2 N–H and O–H groups in total. The zero-order chi connectivity index (χ0) is 17.2. The Morgan fingerprint density at radius 3 is 2.64 bits per heavy atom. The van der Waals surface area contributed by atoms with E-state index >= 15 is 0 Å². The van der Waals surface area contributed by atoms with Crippen LogP contribution in [0.2, 0.25) is 0 Å². The zero-order valence-corrected chi connectivity index (χ0v) is 17.0. The van der Waals surface area contributed by atoms with Gasteiger partial charge in [0.1, 0.15) is 12.1 Å². The SMILES string of the molecule is CCCCN=C(NCC)NCCc1coc(-c2ccc(F)cc2)n1.I. The normalized spacial score (nSPS) is 11.1. The molecule has 0 aliphatic carbocycles. The molecule has 2 aromatic rings. The van der Waals surface area contributed by atoms with Crippen LogP contribution in [0.25, 0.3) is 11.5 Å². The van der Waals surface area contributed by atoms with Gasteiger partial charge in [-0.1, -0.05) is 13.3 Å². The second kappa shape index (κ2) is 11.8. The van der Waals surface area contributed by atoms with Crippen molar-refractivity contribution in [2.24, 2.45) is 4.99 Å². The van der Waals surface area contributed by atoms with Gasteiger partial charge in [-0.05, 0) is 37.6 Å². The Kier molecular flexibility index (Phi) is 10.1. The van der Waals surface area contributed by atoms with E-state index in [1.807, 2.05) is 6.92 Å². The smallest absolute Gasteiger partial charge is 0.226 e. The molecule has 1 aromatic carbocycles. The second-order valence-electron chi connectivity index (χ2n) is 5.44. The Bertz CT molecular complexity index is 643. The van der Waals surface area contributed by atoms with Crippen molar-refractivity contribution in [3.8, 4) is 11.5 Å². The maximum Gasteiger partial charge on any atom is 0.226 e. The van der Waals surface area contributed by atoms with Gasteiger partial charge in [-0.15, -0.1) is 24.0 Å². The lowest BCUT2D eigenvalue weighted by molar-refractivity contribution is 0.571. The molecule has 0 saturated carbocycles.